The first kappa shape index (κ1) is 29.6. The topological polar surface area (TPSA) is 78.9 Å². The summed E-state index contributed by atoms with van der Waals surface area (Å²) in [4.78, 5) is 42.0. The summed E-state index contributed by atoms with van der Waals surface area (Å²) in [6.45, 7) is -0.315. The SMILES string of the molecule is CN(C)C1CCC(CCCC(=O)c2cc(OCC(=O)Cl)cc(C(=O)NC3CCC(N(C)C)CC3)c2)CC1. The largest absolute Gasteiger partial charge is 0.484 e. The number of halogens is 1. The maximum atomic E-state index is 13.1. The normalized spacial score (nSPS) is 24.2. The molecule has 2 aliphatic rings. The lowest BCUT2D eigenvalue weighted by atomic mass is 9.82. The van der Waals surface area contributed by atoms with Gasteiger partial charge in [-0.1, -0.05) is 6.42 Å². The Morgan fingerprint density at radius 2 is 1.43 bits per heavy atom. The molecule has 2 aliphatic carbocycles. The van der Waals surface area contributed by atoms with Crippen molar-refractivity contribution >= 4 is 28.5 Å². The molecule has 0 heterocycles. The predicted octanol–water partition coefficient (Wildman–Crippen LogP) is 4.91. The highest BCUT2D eigenvalue weighted by Gasteiger charge is 2.25. The van der Waals surface area contributed by atoms with Crippen LogP contribution in [0.3, 0.4) is 0 Å². The van der Waals surface area contributed by atoms with Crippen molar-refractivity contribution in [3.63, 3.8) is 0 Å². The van der Waals surface area contributed by atoms with Crippen molar-refractivity contribution in [1.82, 2.24) is 15.1 Å². The number of Topliss-reactive ketones (excluding diaryl/α,β-unsaturated/α-hetero) is 1. The van der Waals surface area contributed by atoms with Crippen LogP contribution in [0.5, 0.6) is 5.75 Å². The van der Waals surface area contributed by atoms with Gasteiger partial charge in [-0.2, -0.15) is 0 Å². The molecule has 7 nitrogen and oxygen atoms in total. The Balaban J connectivity index is 1.59. The Kier molecular flexibility index (Phi) is 11.4. The van der Waals surface area contributed by atoms with E-state index in [1.165, 1.54) is 25.7 Å². The number of ketones is 1. The number of amides is 1. The molecule has 0 saturated heterocycles. The summed E-state index contributed by atoms with van der Waals surface area (Å²) in [6, 6.07) is 6.18. The molecule has 0 atom stereocenters. The first-order chi connectivity index (χ1) is 17.6. The van der Waals surface area contributed by atoms with Crippen molar-refractivity contribution in [2.45, 2.75) is 88.8 Å². The number of nitrogens with one attached hydrogen (secondary N) is 1. The van der Waals surface area contributed by atoms with E-state index in [9.17, 15) is 14.4 Å². The lowest BCUT2D eigenvalue weighted by molar-refractivity contribution is -0.113. The van der Waals surface area contributed by atoms with Crippen LogP contribution >= 0.6 is 11.6 Å². The molecule has 1 N–H and O–H groups in total. The molecule has 0 aliphatic heterocycles. The fourth-order valence-electron chi connectivity index (χ4n) is 5.77. The molecular formula is C29H44ClN3O4. The maximum absolute atomic E-state index is 13.1. The highest BCUT2D eigenvalue weighted by Crippen LogP contribution is 2.30. The van der Waals surface area contributed by atoms with Crippen molar-refractivity contribution in [2.24, 2.45) is 5.92 Å². The number of carbonyl (C=O) groups excluding carboxylic acids is 3. The van der Waals surface area contributed by atoms with E-state index in [2.05, 4.69) is 43.3 Å². The number of hydrogen-bond donors (Lipinski definition) is 1. The molecule has 37 heavy (non-hydrogen) atoms. The van der Waals surface area contributed by atoms with E-state index in [0.29, 0.717) is 41.3 Å². The molecule has 1 amide bonds. The summed E-state index contributed by atoms with van der Waals surface area (Å²) in [5.74, 6) is 0.758. The second kappa shape index (κ2) is 14.3. The number of hydrogen-bond acceptors (Lipinski definition) is 6. The van der Waals surface area contributed by atoms with Gasteiger partial charge in [-0.25, -0.2) is 0 Å². The Labute approximate surface area is 227 Å². The predicted molar refractivity (Wildman–Crippen MR) is 148 cm³/mol. The summed E-state index contributed by atoms with van der Waals surface area (Å²) in [7, 11) is 8.48. The molecule has 1 aromatic carbocycles. The van der Waals surface area contributed by atoms with Crippen molar-refractivity contribution in [2.75, 3.05) is 34.8 Å². The standard InChI is InChI=1S/C29H44ClN3O4/c1-32(2)24-12-8-20(9-13-24)6-5-7-27(34)21-16-22(18-26(17-21)37-19-28(30)35)29(36)31-23-10-14-25(15-11-23)33(3)4/h16-18,20,23-25H,5-15,19H2,1-4H3,(H,31,36). The summed E-state index contributed by atoms with van der Waals surface area (Å²) < 4.78 is 5.49. The molecule has 0 spiro atoms. The average Bonchev–Trinajstić information content (AvgIpc) is 2.87. The van der Waals surface area contributed by atoms with Crippen molar-refractivity contribution in [1.29, 1.82) is 0 Å². The summed E-state index contributed by atoms with van der Waals surface area (Å²) >= 11 is 5.45. The minimum Gasteiger partial charge on any atom is -0.484 e. The van der Waals surface area contributed by atoms with Crippen LogP contribution in [-0.2, 0) is 4.79 Å². The lowest BCUT2D eigenvalue weighted by Crippen LogP contribution is -2.41. The third kappa shape index (κ3) is 9.38. The van der Waals surface area contributed by atoms with Gasteiger partial charge in [-0.3, -0.25) is 14.4 Å². The molecule has 206 valence electrons. The van der Waals surface area contributed by atoms with Gasteiger partial charge in [0.05, 0.1) is 0 Å². The fourth-order valence-corrected chi connectivity index (χ4v) is 5.82. The van der Waals surface area contributed by atoms with Gasteiger partial charge < -0.3 is 19.9 Å². The number of nitrogens with zero attached hydrogens (tertiary/aromatic N) is 2. The van der Waals surface area contributed by atoms with E-state index in [0.717, 1.165) is 38.5 Å². The van der Waals surface area contributed by atoms with Gasteiger partial charge in [-0.15, -0.1) is 0 Å². The zero-order chi connectivity index (χ0) is 26.9. The number of ether oxygens (including phenoxy) is 1. The third-order valence-electron chi connectivity index (χ3n) is 8.17. The molecule has 1 aromatic rings. The zero-order valence-electron chi connectivity index (χ0n) is 22.9. The molecule has 3 rings (SSSR count). The van der Waals surface area contributed by atoms with E-state index in [1.807, 2.05) is 0 Å². The van der Waals surface area contributed by atoms with Crippen molar-refractivity contribution < 1.29 is 19.1 Å². The van der Waals surface area contributed by atoms with Crippen LogP contribution < -0.4 is 10.1 Å². The van der Waals surface area contributed by atoms with Crippen molar-refractivity contribution in [3.8, 4) is 5.75 Å². The van der Waals surface area contributed by atoms with Gasteiger partial charge in [-0.05, 0) is 122 Å². The second-order valence-corrected chi connectivity index (χ2v) is 11.7. The van der Waals surface area contributed by atoms with E-state index >= 15 is 0 Å². The quantitative estimate of drug-likeness (QED) is 0.304. The van der Waals surface area contributed by atoms with Crippen LogP contribution in [0.25, 0.3) is 0 Å². The average molecular weight is 534 g/mol. The summed E-state index contributed by atoms with van der Waals surface area (Å²) in [6.07, 6.45) is 11.1. The van der Waals surface area contributed by atoms with Gasteiger partial charge >= 0.3 is 0 Å². The smallest absolute Gasteiger partial charge is 0.259 e. The zero-order valence-corrected chi connectivity index (χ0v) is 23.7. The van der Waals surface area contributed by atoms with E-state index in [1.54, 1.807) is 18.2 Å². The molecule has 8 heteroatoms. The van der Waals surface area contributed by atoms with Gasteiger partial charge in [0.1, 0.15) is 5.75 Å². The highest BCUT2D eigenvalue weighted by atomic mass is 35.5. The van der Waals surface area contributed by atoms with Crippen LogP contribution in [0.1, 0.15) is 91.3 Å². The van der Waals surface area contributed by atoms with Crippen LogP contribution in [-0.4, -0.2) is 79.7 Å². The second-order valence-electron chi connectivity index (χ2n) is 11.3. The van der Waals surface area contributed by atoms with Gasteiger partial charge in [0.15, 0.2) is 12.4 Å². The fraction of sp³-hybridized carbons (Fsp3) is 0.690. The Morgan fingerprint density at radius 3 is 2.00 bits per heavy atom. The molecule has 2 fully saturated rings. The Bertz CT molecular complexity index is 920. The Hall–Kier alpha value is -1.96. The number of rotatable bonds is 12. The number of benzene rings is 1. The molecule has 0 aromatic heterocycles. The lowest BCUT2D eigenvalue weighted by Gasteiger charge is -2.33. The summed E-state index contributed by atoms with van der Waals surface area (Å²) in [5, 5.41) is 2.49. The van der Waals surface area contributed by atoms with Gasteiger partial charge in [0.25, 0.3) is 11.1 Å². The minimum atomic E-state index is -0.635. The minimum absolute atomic E-state index is 0.00910. The third-order valence-corrected chi connectivity index (χ3v) is 8.28. The van der Waals surface area contributed by atoms with Crippen LogP contribution in [0, 0.1) is 5.92 Å². The van der Waals surface area contributed by atoms with E-state index < -0.39 is 5.24 Å². The summed E-state index contributed by atoms with van der Waals surface area (Å²) in [5.41, 5.74) is 0.817. The van der Waals surface area contributed by atoms with Crippen molar-refractivity contribution in [3.05, 3.63) is 29.3 Å². The Morgan fingerprint density at radius 1 is 0.865 bits per heavy atom. The maximum Gasteiger partial charge on any atom is 0.259 e. The van der Waals surface area contributed by atoms with E-state index in [-0.39, 0.29) is 24.3 Å². The first-order valence-electron chi connectivity index (χ1n) is 13.8. The molecule has 2 saturated carbocycles. The van der Waals surface area contributed by atoms with Gasteiger partial charge in [0, 0.05) is 35.7 Å². The van der Waals surface area contributed by atoms with E-state index in [4.69, 9.17) is 16.3 Å². The molecule has 0 unspecified atom stereocenters. The number of carbonyl (C=O) groups is 3. The first-order valence-corrected chi connectivity index (χ1v) is 14.1. The van der Waals surface area contributed by atoms with Gasteiger partial charge in [0.2, 0.25) is 0 Å². The molecule has 0 radical (unpaired) electrons. The monoisotopic (exact) mass is 533 g/mol. The highest BCUT2D eigenvalue weighted by molar-refractivity contribution is 6.63. The van der Waals surface area contributed by atoms with Crippen LogP contribution in [0.15, 0.2) is 18.2 Å². The van der Waals surface area contributed by atoms with Crippen LogP contribution in [0.4, 0.5) is 0 Å². The molecule has 0 bridgehead atoms. The molecular weight excluding hydrogens is 490 g/mol. The van der Waals surface area contributed by atoms with Crippen LogP contribution in [0.2, 0.25) is 0 Å².